The third-order valence-corrected chi connectivity index (χ3v) is 3.80. The fourth-order valence-electron chi connectivity index (χ4n) is 2.51. The van der Waals surface area contributed by atoms with E-state index < -0.39 is 0 Å². The average Bonchev–Trinajstić information content (AvgIpc) is 3.26. The van der Waals surface area contributed by atoms with Crippen LogP contribution in [0, 0.1) is 6.92 Å². The lowest BCUT2D eigenvalue weighted by atomic mass is 10.2. The van der Waals surface area contributed by atoms with Gasteiger partial charge in [0.15, 0.2) is 0 Å². The second kappa shape index (κ2) is 5.20. The minimum atomic E-state index is -0.0537. The number of pyridine rings is 1. The Kier molecular flexibility index (Phi) is 3.37. The topological polar surface area (TPSA) is 77.0 Å². The van der Waals surface area contributed by atoms with Crippen LogP contribution in [-0.4, -0.2) is 31.6 Å². The third kappa shape index (κ3) is 2.61. The highest BCUT2D eigenvalue weighted by Gasteiger charge is 2.35. The molecule has 1 aliphatic carbocycles. The highest BCUT2D eigenvalue weighted by Crippen LogP contribution is 2.31. The van der Waals surface area contributed by atoms with Crippen molar-refractivity contribution in [2.45, 2.75) is 32.4 Å². The maximum atomic E-state index is 12.9. The molecule has 0 radical (unpaired) electrons. The molecular weight excluding hydrogens is 266 g/mol. The second-order valence-corrected chi connectivity index (χ2v) is 5.50. The van der Waals surface area contributed by atoms with Gasteiger partial charge in [-0.25, -0.2) is 0 Å². The van der Waals surface area contributed by atoms with Crippen molar-refractivity contribution < 1.29 is 4.79 Å². The Hall–Kier alpha value is -2.37. The van der Waals surface area contributed by atoms with E-state index in [1.165, 1.54) is 0 Å². The van der Waals surface area contributed by atoms with Crippen molar-refractivity contribution in [3.05, 3.63) is 41.5 Å². The highest BCUT2D eigenvalue weighted by atomic mass is 16.2. The van der Waals surface area contributed by atoms with Crippen LogP contribution in [-0.2, 0) is 13.6 Å². The molecule has 1 fully saturated rings. The van der Waals surface area contributed by atoms with Crippen molar-refractivity contribution in [1.82, 2.24) is 19.7 Å². The number of hydrogen-bond acceptors (Lipinski definition) is 4. The van der Waals surface area contributed by atoms with Gasteiger partial charge >= 0.3 is 0 Å². The molecule has 0 aliphatic heterocycles. The molecule has 0 atom stereocenters. The predicted molar refractivity (Wildman–Crippen MR) is 79.5 cm³/mol. The Labute approximate surface area is 123 Å². The van der Waals surface area contributed by atoms with Crippen LogP contribution in [0.25, 0.3) is 0 Å². The first kappa shape index (κ1) is 13.6. The van der Waals surface area contributed by atoms with Gasteiger partial charge in [0.25, 0.3) is 5.91 Å². The van der Waals surface area contributed by atoms with Crippen molar-refractivity contribution >= 4 is 11.6 Å². The molecule has 6 heteroatoms. The summed E-state index contributed by atoms with van der Waals surface area (Å²) in [4.78, 5) is 18.8. The molecule has 6 nitrogen and oxygen atoms in total. The summed E-state index contributed by atoms with van der Waals surface area (Å²) in [7, 11) is 1.76. The van der Waals surface area contributed by atoms with Gasteiger partial charge in [-0.05, 0) is 31.4 Å². The molecule has 1 amide bonds. The first-order valence-corrected chi connectivity index (χ1v) is 7.07. The molecule has 21 heavy (non-hydrogen) atoms. The number of aryl methyl sites for hydroxylation is 2. The van der Waals surface area contributed by atoms with Gasteiger partial charge in [-0.2, -0.15) is 5.10 Å². The van der Waals surface area contributed by atoms with Crippen molar-refractivity contribution in [3.63, 3.8) is 0 Å². The number of aromatic nitrogens is 3. The average molecular weight is 285 g/mol. The van der Waals surface area contributed by atoms with Crippen LogP contribution in [0.2, 0.25) is 0 Å². The lowest BCUT2D eigenvalue weighted by Crippen LogP contribution is -2.34. The van der Waals surface area contributed by atoms with Gasteiger partial charge in [0.2, 0.25) is 0 Å². The summed E-state index contributed by atoms with van der Waals surface area (Å²) < 4.78 is 1.58. The largest absolute Gasteiger partial charge is 0.395 e. The summed E-state index contributed by atoms with van der Waals surface area (Å²) in [6.45, 7) is 2.37. The Morgan fingerprint density at radius 3 is 2.81 bits per heavy atom. The van der Waals surface area contributed by atoms with Crippen LogP contribution in [0.4, 0.5) is 5.69 Å². The number of rotatable bonds is 4. The van der Waals surface area contributed by atoms with Gasteiger partial charge in [0.1, 0.15) is 5.69 Å². The quantitative estimate of drug-likeness (QED) is 0.923. The number of nitrogens with zero attached hydrogens (tertiary/aromatic N) is 4. The van der Waals surface area contributed by atoms with Crippen LogP contribution in [0.1, 0.15) is 34.6 Å². The van der Waals surface area contributed by atoms with Gasteiger partial charge in [-0.1, -0.05) is 6.07 Å². The smallest absolute Gasteiger partial charge is 0.274 e. The van der Waals surface area contributed by atoms with Gasteiger partial charge in [-0.3, -0.25) is 14.5 Å². The van der Waals surface area contributed by atoms with E-state index in [0.29, 0.717) is 29.7 Å². The summed E-state index contributed by atoms with van der Waals surface area (Å²) in [5, 5.41) is 4.23. The zero-order valence-corrected chi connectivity index (χ0v) is 12.3. The number of carbonyl (C=O) groups is 1. The minimum absolute atomic E-state index is 0.0537. The first-order valence-electron chi connectivity index (χ1n) is 7.07. The van der Waals surface area contributed by atoms with Gasteiger partial charge in [-0.15, -0.1) is 0 Å². The Morgan fingerprint density at radius 2 is 2.29 bits per heavy atom. The molecule has 0 bridgehead atoms. The van der Waals surface area contributed by atoms with Crippen molar-refractivity contribution in [2.24, 2.45) is 7.05 Å². The monoisotopic (exact) mass is 285 g/mol. The van der Waals surface area contributed by atoms with E-state index in [-0.39, 0.29) is 5.91 Å². The van der Waals surface area contributed by atoms with Crippen molar-refractivity contribution in [1.29, 1.82) is 0 Å². The molecule has 0 saturated heterocycles. The molecular formula is C15H19N5O. The molecule has 2 aromatic rings. The standard InChI is InChI=1S/C15H19N5O/c1-10-13(16)14(19(2)18-10)15(21)20(12-5-6-12)9-11-4-3-7-17-8-11/h3-4,7-8,12H,5-6,9,16H2,1-2H3. The van der Waals surface area contributed by atoms with E-state index >= 15 is 0 Å². The first-order chi connectivity index (χ1) is 10.1. The van der Waals surface area contributed by atoms with Crippen LogP contribution < -0.4 is 5.73 Å². The molecule has 0 unspecified atom stereocenters. The number of carbonyl (C=O) groups excluding carboxylic acids is 1. The van der Waals surface area contributed by atoms with Crippen LogP contribution in [0.5, 0.6) is 0 Å². The summed E-state index contributed by atoms with van der Waals surface area (Å²) in [6.07, 6.45) is 5.61. The number of hydrogen-bond donors (Lipinski definition) is 1. The summed E-state index contributed by atoms with van der Waals surface area (Å²) in [5.41, 5.74) is 8.68. The Morgan fingerprint density at radius 1 is 1.52 bits per heavy atom. The van der Waals surface area contributed by atoms with Crippen molar-refractivity contribution in [2.75, 3.05) is 5.73 Å². The van der Waals surface area contributed by atoms with E-state index in [0.717, 1.165) is 18.4 Å². The van der Waals surface area contributed by atoms with E-state index in [1.807, 2.05) is 24.0 Å². The van der Waals surface area contributed by atoms with Crippen LogP contribution in [0.3, 0.4) is 0 Å². The second-order valence-electron chi connectivity index (χ2n) is 5.50. The summed E-state index contributed by atoms with van der Waals surface area (Å²) in [6, 6.07) is 4.16. The number of anilines is 1. The van der Waals surface area contributed by atoms with E-state index in [9.17, 15) is 4.79 Å². The lowest BCUT2D eigenvalue weighted by molar-refractivity contribution is 0.0719. The van der Waals surface area contributed by atoms with E-state index in [4.69, 9.17) is 5.73 Å². The number of nitrogen functional groups attached to an aromatic ring is 1. The maximum absolute atomic E-state index is 12.9. The predicted octanol–water partition coefficient (Wildman–Crippen LogP) is 1.51. The number of amides is 1. The molecule has 0 spiro atoms. The fraction of sp³-hybridized carbons (Fsp3) is 0.400. The molecule has 1 saturated carbocycles. The summed E-state index contributed by atoms with van der Waals surface area (Å²) >= 11 is 0. The lowest BCUT2D eigenvalue weighted by Gasteiger charge is -2.22. The third-order valence-electron chi connectivity index (χ3n) is 3.80. The van der Waals surface area contributed by atoms with E-state index in [1.54, 1.807) is 24.1 Å². The van der Waals surface area contributed by atoms with Crippen molar-refractivity contribution in [3.8, 4) is 0 Å². The van der Waals surface area contributed by atoms with E-state index in [2.05, 4.69) is 10.1 Å². The Balaban J connectivity index is 1.89. The van der Waals surface area contributed by atoms with Gasteiger partial charge < -0.3 is 10.6 Å². The molecule has 2 aromatic heterocycles. The normalized spacial score (nSPS) is 14.2. The zero-order chi connectivity index (χ0) is 15.0. The molecule has 0 aromatic carbocycles. The minimum Gasteiger partial charge on any atom is -0.395 e. The maximum Gasteiger partial charge on any atom is 0.274 e. The van der Waals surface area contributed by atoms with Gasteiger partial charge in [0, 0.05) is 32.0 Å². The number of nitrogens with two attached hydrogens (primary N) is 1. The Bertz CT molecular complexity index is 660. The van der Waals surface area contributed by atoms with Crippen LogP contribution >= 0.6 is 0 Å². The highest BCUT2D eigenvalue weighted by molar-refractivity contribution is 5.98. The molecule has 2 N–H and O–H groups in total. The van der Waals surface area contributed by atoms with Gasteiger partial charge in [0.05, 0.1) is 11.4 Å². The molecule has 1 aliphatic rings. The molecule has 2 heterocycles. The SMILES string of the molecule is Cc1nn(C)c(C(=O)N(Cc2cccnc2)C2CC2)c1N. The summed E-state index contributed by atoms with van der Waals surface area (Å²) in [5.74, 6) is -0.0537. The molecule has 110 valence electrons. The fourth-order valence-corrected chi connectivity index (χ4v) is 2.51. The van der Waals surface area contributed by atoms with Crippen LogP contribution in [0.15, 0.2) is 24.5 Å². The molecule has 3 rings (SSSR count). The zero-order valence-electron chi connectivity index (χ0n) is 12.3.